The van der Waals surface area contributed by atoms with E-state index in [0.29, 0.717) is 6.10 Å². The summed E-state index contributed by atoms with van der Waals surface area (Å²) >= 11 is 0. The first-order chi connectivity index (χ1) is 7.84. The molecule has 0 saturated carbocycles. The second kappa shape index (κ2) is 6.02. The molecule has 88 valence electrons. The molecule has 1 N–H and O–H groups in total. The fourth-order valence-electron chi connectivity index (χ4n) is 2.06. The number of rotatable bonds is 4. The molecule has 1 aromatic rings. The Bertz CT molecular complexity index is 301. The molecule has 0 spiro atoms. The highest BCUT2D eigenvalue weighted by atomic mass is 16.5. The Labute approximate surface area is 98.0 Å². The van der Waals surface area contributed by atoms with E-state index in [4.69, 9.17) is 4.74 Å². The van der Waals surface area contributed by atoms with Crippen LogP contribution in [0.25, 0.3) is 0 Å². The van der Waals surface area contributed by atoms with E-state index in [1.165, 1.54) is 11.1 Å². The molecule has 1 aromatic carbocycles. The van der Waals surface area contributed by atoms with Crippen LogP contribution < -0.4 is 5.32 Å². The number of aryl methyl sites for hydroxylation is 1. The molecule has 0 bridgehead atoms. The molecule has 2 rings (SSSR count). The summed E-state index contributed by atoms with van der Waals surface area (Å²) in [5.74, 6) is 0. The minimum Gasteiger partial charge on any atom is -0.378 e. The lowest BCUT2D eigenvalue weighted by atomic mass is 10.1. The quantitative estimate of drug-likeness (QED) is 0.839. The minimum atomic E-state index is 0.478. The molecule has 0 aliphatic carbocycles. The Morgan fingerprint density at radius 1 is 1.19 bits per heavy atom. The molecule has 0 amide bonds. The van der Waals surface area contributed by atoms with Gasteiger partial charge in [-0.2, -0.15) is 0 Å². The molecule has 1 heterocycles. The molecule has 2 nitrogen and oxygen atoms in total. The van der Waals surface area contributed by atoms with Crippen molar-refractivity contribution in [1.82, 2.24) is 5.32 Å². The van der Waals surface area contributed by atoms with Crippen LogP contribution >= 0.6 is 0 Å². The third-order valence-electron chi connectivity index (χ3n) is 3.15. The summed E-state index contributed by atoms with van der Waals surface area (Å²) < 4.78 is 5.88. The summed E-state index contributed by atoms with van der Waals surface area (Å²) in [4.78, 5) is 0. The van der Waals surface area contributed by atoms with Crippen molar-refractivity contribution in [1.29, 1.82) is 0 Å². The first-order valence-corrected chi connectivity index (χ1v) is 6.22. The van der Waals surface area contributed by atoms with Crippen LogP contribution in [0.2, 0.25) is 0 Å². The predicted octanol–water partition coefficient (Wildman–Crippen LogP) is 2.31. The maximum Gasteiger partial charge on any atom is 0.0599 e. The van der Waals surface area contributed by atoms with Crippen molar-refractivity contribution in [2.24, 2.45) is 0 Å². The molecule has 1 aliphatic rings. The molecule has 16 heavy (non-hydrogen) atoms. The van der Waals surface area contributed by atoms with Crippen molar-refractivity contribution in [3.63, 3.8) is 0 Å². The SMILES string of the molecule is Cc1ccc(CCOC2CCNCC2)cc1. The summed E-state index contributed by atoms with van der Waals surface area (Å²) in [5, 5.41) is 3.35. The van der Waals surface area contributed by atoms with Gasteiger partial charge in [0.25, 0.3) is 0 Å². The van der Waals surface area contributed by atoms with Crippen molar-refractivity contribution in [3.05, 3.63) is 35.4 Å². The first-order valence-electron chi connectivity index (χ1n) is 6.22. The van der Waals surface area contributed by atoms with Crippen molar-refractivity contribution in [2.45, 2.75) is 32.3 Å². The average molecular weight is 219 g/mol. The van der Waals surface area contributed by atoms with Gasteiger partial charge >= 0.3 is 0 Å². The van der Waals surface area contributed by atoms with Gasteiger partial charge in [0.1, 0.15) is 0 Å². The van der Waals surface area contributed by atoms with Crippen LogP contribution in [0.1, 0.15) is 24.0 Å². The second-order valence-electron chi connectivity index (χ2n) is 4.56. The Hall–Kier alpha value is -0.860. The smallest absolute Gasteiger partial charge is 0.0599 e. The topological polar surface area (TPSA) is 21.3 Å². The number of piperidine rings is 1. The Kier molecular flexibility index (Phi) is 4.37. The van der Waals surface area contributed by atoms with E-state index in [1.807, 2.05) is 0 Å². The number of nitrogens with one attached hydrogen (secondary N) is 1. The van der Waals surface area contributed by atoms with Crippen LogP contribution in [0.4, 0.5) is 0 Å². The molecule has 0 unspecified atom stereocenters. The summed E-state index contributed by atoms with van der Waals surface area (Å²) in [5.41, 5.74) is 2.70. The lowest BCUT2D eigenvalue weighted by molar-refractivity contribution is 0.0349. The van der Waals surface area contributed by atoms with Gasteiger partial charge in [-0.3, -0.25) is 0 Å². The summed E-state index contributed by atoms with van der Waals surface area (Å²) in [6, 6.07) is 8.72. The molecule has 2 heteroatoms. The lowest BCUT2D eigenvalue weighted by Gasteiger charge is -2.22. The fourth-order valence-corrected chi connectivity index (χ4v) is 2.06. The van der Waals surface area contributed by atoms with Crippen LogP contribution in [0.3, 0.4) is 0 Å². The van der Waals surface area contributed by atoms with E-state index in [9.17, 15) is 0 Å². The van der Waals surface area contributed by atoms with Crippen molar-refractivity contribution in [3.8, 4) is 0 Å². The highest BCUT2D eigenvalue weighted by Gasteiger charge is 2.12. The van der Waals surface area contributed by atoms with Crippen molar-refractivity contribution < 1.29 is 4.74 Å². The van der Waals surface area contributed by atoms with Gasteiger partial charge in [-0.05, 0) is 44.8 Å². The zero-order valence-electron chi connectivity index (χ0n) is 10.0. The maximum atomic E-state index is 5.88. The van der Waals surface area contributed by atoms with E-state index in [0.717, 1.165) is 39.0 Å². The Morgan fingerprint density at radius 3 is 2.56 bits per heavy atom. The van der Waals surface area contributed by atoms with Gasteiger partial charge in [0.2, 0.25) is 0 Å². The summed E-state index contributed by atoms with van der Waals surface area (Å²) in [6.07, 6.45) is 3.83. The normalized spacial score (nSPS) is 17.6. The molecule has 1 saturated heterocycles. The van der Waals surface area contributed by atoms with E-state index in [1.54, 1.807) is 0 Å². The number of ether oxygens (including phenoxy) is 1. The number of hydrogen-bond donors (Lipinski definition) is 1. The average Bonchev–Trinajstić information content (AvgIpc) is 2.33. The van der Waals surface area contributed by atoms with Gasteiger partial charge in [0, 0.05) is 0 Å². The van der Waals surface area contributed by atoms with Gasteiger partial charge in [0.15, 0.2) is 0 Å². The van der Waals surface area contributed by atoms with Gasteiger partial charge < -0.3 is 10.1 Å². The molecular formula is C14H21NO. The largest absolute Gasteiger partial charge is 0.378 e. The second-order valence-corrected chi connectivity index (χ2v) is 4.56. The highest BCUT2D eigenvalue weighted by molar-refractivity contribution is 5.21. The molecular weight excluding hydrogens is 198 g/mol. The van der Waals surface area contributed by atoms with Gasteiger partial charge in [-0.15, -0.1) is 0 Å². The van der Waals surface area contributed by atoms with E-state index in [2.05, 4.69) is 36.5 Å². The minimum absolute atomic E-state index is 0.478. The molecule has 1 aliphatic heterocycles. The van der Waals surface area contributed by atoms with Crippen LogP contribution in [0.5, 0.6) is 0 Å². The molecule has 0 atom stereocenters. The van der Waals surface area contributed by atoms with Gasteiger partial charge in [-0.1, -0.05) is 29.8 Å². The maximum absolute atomic E-state index is 5.88. The summed E-state index contributed by atoms with van der Waals surface area (Å²) in [7, 11) is 0. The highest BCUT2D eigenvalue weighted by Crippen LogP contribution is 2.09. The predicted molar refractivity (Wildman–Crippen MR) is 66.7 cm³/mol. The molecule has 1 fully saturated rings. The van der Waals surface area contributed by atoms with Crippen LogP contribution in [0.15, 0.2) is 24.3 Å². The van der Waals surface area contributed by atoms with Crippen molar-refractivity contribution >= 4 is 0 Å². The van der Waals surface area contributed by atoms with E-state index in [-0.39, 0.29) is 0 Å². The monoisotopic (exact) mass is 219 g/mol. The van der Waals surface area contributed by atoms with Gasteiger partial charge in [0.05, 0.1) is 12.7 Å². The van der Waals surface area contributed by atoms with E-state index < -0.39 is 0 Å². The van der Waals surface area contributed by atoms with E-state index >= 15 is 0 Å². The number of benzene rings is 1. The zero-order chi connectivity index (χ0) is 11.2. The molecule has 0 aromatic heterocycles. The Morgan fingerprint density at radius 2 is 1.88 bits per heavy atom. The van der Waals surface area contributed by atoms with Crippen molar-refractivity contribution in [2.75, 3.05) is 19.7 Å². The third kappa shape index (κ3) is 3.62. The lowest BCUT2D eigenvalue weighted by Crippen LogP contribution is -2.32. The van der Waals surface area contributed by atoms with Crippen LogP contribution in [-0.2, 0) is 11.2 Å². The summed E-state index contributed by atoms with van der Waals surface area (Å²) in [6.45, 7) is 5.19. The molecule has 0 radical (unpaired) electrons. The van der Waals surface area contributed by atoms with Crippen LogP contribution in [0, 0.1) is 6.92 Å². The van der Waals surface area contributed by atoms with Gasteiger partial charge in [-0.25, -0.2) is 0 Å². The fraction of sp³-hybridized carbons (Fsp3) is 0.571. The first kappa shape index (κ1) is 11.6. The third-order valence-corrected chi connectivity index (χ3v) is 3.15. The van der Waals surface area contributed by atoms with Crippen LogP contribution in [-0.4, -0.2) is 25.8 Å². The zero-order valence-corrected chi connectivity index (χ0v) is 10.0. The number of hydrogen-bond acceptors (Lipinski definition) is 2. The Balaban J connectivity index is 1.69. The standard InChI is InChI=1S/C14H21NO/c1-12-2-4-13(5-3-12)8-11-16-14-6-9-15-10-7-14/h2-5,14-15H,6-11H2,1H3.